The number of hydrogen-bond acceptors (Lipinski definition) is 2. The fraction of sp³-hybridized carbons (Fsp3) is 0.667. The highest BCUT2D eigenvalue weighted by molar-refractivity contribution is 4.87. The number of hydrogen-bond donors (Lipinski definition) is 0. The third kappa shape index (κ3) is 5.16. The topological polar surface area (TPSA) is 12.5 Å². The number of ether oxygens (including phenoxy) is 1. The van der Waals surface area contributed by atoms with Crippen LogP contribution >= 0.6 is 0 Å². The summed E-state index contributed by atoms with van der Waals surface area (Å²) >= 11 is 0. The zero-order valence-corrected chi connectivity index (χ0v) is 5.56. The standard InChI is InChI=1S/C6H11NO/c1-4-8-6-5-7(2)3/h4H2,1-3H3. The average Bonchev–Trinajstić information content (AvgIpc) is 1.66. The van der Waals surface area contributed by atoms with Crippen LogP contribution in [0.3, 0.4) is 0 Å². The average molecular weight is 113 g/mol. The fourth-order valence-corrected chi connectivity index (χ4v) is 0.196. The first-order valence-electron chi connectivity index (χ1n) is 2.57. The van der Waals surface area contributed by atoms with Crippen LogP contribution in [0.25, 0.3) is 0 Å². The molecule has 0 heterocycles. The monoisotopic (exact) mass is 113 g/mol. The minimum Gasteiger partial charge on any atom is -0.446 e. The molecule has 0 aromatic carbocycles. The van der Waals surface area contributed by atoms with Crippen molar-refractivity contribution in [3.05, 3.63) is 0 Å². The van der Waals surface area contributed by atoms with Gasteiger partial charge in [0.05, 0.1) is 12.7 Å². The maximum absolute atomic E-state index is 4.74. The van der Waals surface area contributed by atoms with E-state index in [4.69, 9.17) is 4.74 Å². The van der Waals surface area contributed by atoms with Crippen molar-refractivity contribution in [2.75, 3.05) is 20.7 Å². The lowest BCUT2D eigenvalue weighted by atomic mass is 10.8. The molecular formula is C6H11NO. The maximum Gasteiger partial charge on any atom is 0.133 e. The van der Waals surface area contributed by atoms with Crippen LogP contribution < -0.4 is 0 Å². The first kappa shape index (κ1) is 7.16. The fourth-order valence-electron chi connectivity index (χ4n) is 0.196. The van der Waals surface area contributed by atoms with E-state index < -0.39 is 0 Å². The predicted octanol–water partition coefficient (Wildman–Crippen LogP) is 0.503. The highest BCUT2D eigenvalue weighted by atomic mass is 16.5. The van der Waals surface area contributed by atoms with Crippen molar-refractivity contribution in [1.82, 2.24) is 4.90 Å². The van der Waals surface area contributed by atoms with Crippen molar-refractivity contribution in [3.8, 4) is 12.2 Å². The molecule has 0 bridgehead atoms. The van der Waals surface area contributed by atoms with Crippen LogP contribution in [-0.2, 0) is 4.74 Å². The Hall–Kier alpha value is -0.840. The summed E-state index contributed by atoms with van der Waals surface area (Å²) in [7, 11) is 3.73. The molecule has 0 fully saturated rings. The van der Waals surface area contributed by atoms with Crippen LogP contribution in [0, 0.1) is 12.2 Å². The third-order valence-corrected chi connectivity index (χ3v) is 0.486. The Morgan fingerprint density at radius 1 is 1.50 bits per heavy atom. The molecule has 0 N–H and O–H groups in total. The van der Waals surface area contributed by atoms with Crippen molar-refractivity contribution in [2.45, 2.75) is 6.92 Å². The maximum atomic E-state index is 4.74. The molecule has 0 atom stereocenters. The zero-order chi connectivity index (χ0) is 6.41. The summed E-state index contributed by atoms with van der Waals surface area (Å²) in [5.41, 5.74) is 0. The van der Waals surface area contributed by atoms with Crippen LogP contribution in [0.5, 0.6) is 0 Å². The lowest BCUT2D eigenvalue weighted by Crippen LogP contribution is -2.01. The van der Waals surface area contributed by atoms with Crippen molar-refractivity contribution in [3.63, 3.8) is 0 Å². The second-order valence-corrected chi connectivity index (χ2v) is 1.54. The molecule has 0 rings (SSSR count). The molecule has 0 aliphatic heterocycles. The molecule has 0 saturated heterocycles. The van der Waals surface area contributed by atoms with E-state index in [0.29, 0.717) is 6.61 Å². The van der Waals surface area contributed by atoms with Crippen LogP contribution in [0.1, 0.15) is 6.92 Å². The molecular weight excluding hydrogens is 102 g/mol. The molecule has 8 heavy (non-hydrogen) atoms. The van der Waals surface area contributed by atoms with Crippen LogP contribution in [0.4, 0.5) is 0 Å². The molecule has 0 amide bonds. The highest BCUT2D eigenvalue weighted by Crippen LogP contribution is 1.67. The summed E-state index contributed by atoms with van der Waals surface area (Å²) in [6.45, 7) is 2.56. The van der Waals surface area contributed by atoms with Gasteiger partial charge in [0.25, 0.3) is 0 Å². The Labute approximate surface area is 50.4 Å². The quantitative estimate of drug-likeness (QED) is 0.363. The molecule has 0 spiro atoms. The van der Waals surface area contributed by atoms with Crippen molar-refractivity contribution < 1.29 is 4.74 Å². The van der Waals surface area contributed by atoms with Gasteiger partial charge in [-0.15, -0.1) is 0 Å². The van der Waals surface area contributed by atoms with Crippen molar-refractivity contribution in [2.24, 2.45) is 0 Å². The van der Waals surface area contributed by atoms with Gasteiger partial charge in [0.2, 0.25) is 0 Å². The molecule has 0 saturated carbocycles. The summed E-state index contributed by atoms with van der Waals surface area (Å²) in [4.78, 5) is 1.75. The molecule has 0 aliphatic rings. The first-order valence-corrected chi connectivity index (χ1v) is 2.57. The molecule has 2 heteroatoms. The Morgan fingerprint density at radius 3 is 2.50 bits per heavy atom. The number of nitrogens with zero attached hydrogens (tertiary/aromatic N) is 1. The molecule has 0 aromatic heterocycles. The van der Waals surface area contributed by atoms with Gasteiger partial charge >= 0.3 is 0 Å². The zero-order valence-electron chi connectivity index (χ0n) is 5.56. The molecule has 0 unspecified atom stereocenters. The Kier molecular flexibility index (Phi) is 3.87. The number of rotatable bonds is 1. The van der Waals surface area contributed by atoms with Crippen LogP contribution in [0.2, 0.25) is 0 Å². The smallest absolute Gasteiger partial charge is 0.133 e. The highest BCUT2D eigenvalue weighted by Gasteiger charge is 1.70. The minimum atomic E-state index is 0.654. The van der Waals surface area contributed by atoms with E-state index in [9.17, 15) is 0 Å². The van der Waals surface area contributed by atoms with Gasteiger partial charge in [0.1, 0.15) is 6.11 Å². The van der Waals surface area contributed by atoms with Gasteiger partial charge in [-0.2, -0.15) is 0 Å². The second-order valence-electron chi connectivity index (χ2n) is 1.54. The largest absolute Gasteiger partial charge is 0.446 e. The van der Waals surface area contributed by atoms with Crippen molar-refractivity contribution >= 4 is 0 Å². The molecule has 2 nitrogen and oxygen atoms in total. The van der Waals surface area contributed by atoms with Gasteiger partial charge < -0.3 is 9.64 Å². The minimum absolute atomic E-state index is 0.654. The SMILES string of the molecule is CCOC#CN(C)C. The third-order valence-electron chi connectivity index (χ3n) is 0.486. The van der Waals surface area contributed by atoms with Gasteiger partial charge in [-0.25, -0.2) is 0 Å². The van der Waals surface area contributed by atoms with E-state index in [-0.39, 0.29) is 0 Å². The summed E-state index contributed by atoms with van der Waals surface area (Å²) in [6, 6.07) is 2.71. The second kappa shape index (κ2) is 4.32. The van der Waals surface area contributed by atoms with Crippen molar-refractivity contribution in [1.29, 1.82) is 0 Å². The van der Waals surface area contributed by atoms with Crippen LogP contribution in [-0.4, -0.2) is 25.6 Å². The van der Waals surface area contributed by atoms with Gasteiger partial charge in [0, 0.05) is 14.1 Å². The predicted molar refractivity (Wildman–Crippen MR) is 33.1 cm³/mol. The van der Waals surface area contributed by atoms with E-state index in [2.05, 4.69) is 12.2 Å². The van der Waals surface area contributed by atoms with E-state index in [1.165, 1.54) is 0 Å². The van der Waals surface area contributed by atoms with E-state index >= 15 is 0 Å². The molecule has 0 aliphatic carbocycles. The summed E-state index contributed by atoms with van der Waals surface area (Å²) in [5.74, 6) is 0. The lowest BCUT2D eigenvalue weighted by molar-refractivity contribution is 0.296. The molecule has 0 radical (unpaired) electrons. The molecule has 46 valence electrons. The normalized spacial score (nSPS) is 6.88. The van der Waals surface area contributed by atoms with Gasteiger partial charge in [0.15, 0.2) is 0 Å². The Morgan fingerprint density at radius 2 is 2.12 bits per heavy atom. The van der Waals surface area contributed by atoms with E-state index in [1.54, 1.807) is 4.90 Å². The Bertz CT molecular complexity index is 98.8. The van der Waals surface area contributed by atoms with E-state index in [1.807, 2.05) is 21.0 Å². The lowest BCUT2D eigenvalue weighted by Gasteiger charge is -1.96. The van der Waals surface area contributed by atoms with Gasteiger partial charge in [-0.3, -0.25) is 0 Å². The Balaban J connectivity index is 3.20. The summed E-state index contributed by atoms with van der Waals surface area (Å²) < 4.78 is 4.74. The summed E-state index contributed by atoms with van der Waals surface area (Å²) in [5, 5.41) is 0. The first-order chi connectivity index (χ1) is 3.77. The van der Waals surface area contributed by atoms with Crippen LogP contribution in [0.15, 0.2) is 0 Å². The van der Waals surface area contributed by atoms with E-state index in [0.717, 1.165) is 0 Å². The van der Waals surface area contributed by atoms with Gasteiger partial charge in [-0.05, 0) is 6.92 Å². The molecule has 0 aromatic rings. The van der Waals surface area contributed by atoms with Gasteiger partial charge in [-0.1, -0.05) is 0 Å². The summed E-state index contributed by atoms with van der Waals surface area (Å²) in [6.07, 6.45) is 2.51.